The van der Waals surface area contributed by atoms with Gasteiger partial charge >= 0.3 is 0 Å². The molecule has 0 amide bonds. The second kappa shape index (κ2) is 6.14. The third-order valence-electron chi connectivity index (χ3n) is 5.72. The Kier molecular flexibility index (Phi) is 3.63. The van der Waals surface area contributed by atoms with Crippen molar-refractivity contribution < 1.29 is 4.39 Å². The number of nitrogens with one attached hydrogen (secondary N) is 1. The quantitative estimate of drug-likeness (QED) is 0.538. The zero-order valence-corrected chi connectivity index (χ0v) is 14.4. The number of allylic oxidation sites excluding steroid dienone is 2. The largest absolute Gasteiger partial charge is 0.377 e. The molecule has 0 unspecified atom stereocenters. The molecule has 0 aromatic heterocycles. The molecule has 3 atom stereocenters. The summed E-state index contributed by atoms with van der Waals surface area (Å²) >= 11 is 0. The first-order valence-corrected chi connectivity index (χ1v) is 9.19. The maximum Gasteiger partial charge on any atom is 0.128 e. The van der Waals surface area contributed by atoms with Gasteiger partial charge in [0.2, 0.25) is 0 Å². The summed E-state index contributed by atoms with van der Waals surface area (Å²) in [7, 11) is 0. The van der Waals surface area contributed by atoms with E-state index in [9.17, 15) is 4.39 Å². The molecule has 26 heavy (non-hydrogen) atoms. The molecule has 0 radical (unpaired) electrons. The average Bonchev–Trinajstić information content (AvgIpc) is 3.18. The number of hydrogen-bond donors (Lipinski definition) is 1. The predicted molar refractivity (Wildman–Crippen MR) is 105 cm³/mol. The number of anilines is 1. The van der Waals surface area contributed by atoms with Crippen molar-refractivity contribution in [1.29, 1.82) is 0 Å². The standard InChI is InChI=1S/C24H20FN/c25-22-15-5-4-10-21(22)24-20-14-7-12-18(20)19-13-6-11-17(23(19)26-24)16-8-2-1-3-9-16/h1-13,15,18,20,24,26H,14H2/t18-,20+,24-/m1/s1. The van der Waals surface area contributed by atoms with Gasteiger partial charge in [-0.1, -0.05) is 78.9 Å². The van der Waals surface area contributed by atoms with E-state index in [0.717, 1.165) is 17.7 Å². The van der Waals surface area contributed by atoms with Crippen LogP contribution in [-0.4, -0.2) is 0 Å². The third-order valence-corrected chi connectivity index (χ3v) is 5.72. The summed E-state index contributed by atoms with van der Waals surface area (Å²) in [5, 5.41) is 3.71. The van der Waals surface area contributed by atoms with Crippen LogP contribution in [0.4, 0.5) is 10.1 Å². The van der Waals surface area contributed by atoms with E-state index < -0.39 is 0 Å². The fourth-order valence-electron chi connectivity index (χ4n) is 4.51. The van der Waals surface area contributed by atoms with Gasteiger partial charge in [0.05, 0.1) is 6.04 Å². The minimum atomic E-state index is -0.128. The van der Waals surface area contributed by atoms with E-state index in [1.807, 2.05) is 18.2 Å². The van der Waals surface area contributed by atoms with Crippen LogP contribution in [0, 0.1) is 11.7 Å². The lowest BCUT2D eigenvalue weighted by molar-refractivity contribution is 0.413. The molecule has 3 aromatic carbocycles. The summed E-state index contributed by atoms with van der Waals surface area (Å²) in [4.78, 5) is 0. The molecule has 0 saturated carbocycles. The Bertz CT molecular complexity index is 977. The zero-order valence-electron chi connectivity index (χ0n) is 14.4. The van der Waals surface area contributed by atoms with Crippen LogP contribution in [0.15, 0.2) is 84.9 Å². The number of halogens is 1. The van der Waals surface area contributed by atoms with E-state index in [2.05, 4.69) is 59.9 Å². The summed E-state index contributed by atoms with van der Waals surface area (Å²) in [5.74, 6) is 0.557. The van der Waals surface area contributed by atoms with Gasteiger partial charge in [0.1, 0.15) is 5.82 Å². The second-order valence-electron chi connectivity index (χ2n) is 7.13. The minimum Gasteiger partial charge on any atom is -0.377 e. The highest BCUT2D eigenvalue weighted by molar-refractivity contribution is 5.82. The molecule has 1 nitrogen and oxygen atoms in total. The molecule has 128 valence electrons. The first-order valence-electron chi connectivity index (χ1n) is 9.19. The number of rotatable bonds is 2. The maximum absolute atomic E-state index is 14.6. The topological polar surface area (TPSA) is 12.0 Å². The summed E-state index contributed by atoms with van der Waals surface area (Å²) < 4.78 is 14.6. The lowest BCUT2D eigenvalue weighted by Gasteiger charge is -2.38. The summed E-state index contributed by atoms with van der Waals surface area (Å²) in [5.41, 5.74) is 5.59. The summed E-state index contributed by atoms with van der Waals surface area (Å²) in [6.45, 7) is 0. The van der Waals surface area contributed by atoms with Gasteiger partial charge in [-0.2, -0.15) is 0 Å². The molecule has 2 aliphatic rings. The number of fused-ring (bicyclic) bond motifs is 3. The van der Waals surface area contributed by atoms with Crippen LogP contribution in [0.1, 0.15) is 29.5 Å². The minimum absolute atomic E-state index is 0.0198. The van der Waals surface area contributed by atoms with Gasteiger partial charge in [-0.25, -0.2) is 4.39 Å². The number of hydrogen-bond acceptors (Lipinski definition) is 1. The molecule has 0 saturated heterocycles. The Hall–Kier alpha value is -2.87. The summed E-state index contributed by atoms with van der Waals surface area (Å²) in [6, 6.07) is 24.1. The van der Waals surface area contributed by atoms with E-state index in [-0.39, 0.29) is 11.9 Å². The molecule has 1 aliphatic heterocycles. The molecule has 5 rings (SSSR count). The number of benzene rings is 3. The zero-order chi connectivity index (χ0) is 17.5. The molecule has 1 aliphatic carbocycles. The van der Waals surface area contributed by atoms with Gasteiger partial charge in [-0.15, -0.1) is 0 Å². The Morgan fingerprint density at radius 3 is 2.42 bits per heavy atom. The second-order valence-corrected chi connectivity index (χ2v) is 7.13. The van der Waals surface area contributed by atoms with Crippen LogP contribution >= 0.6 is 0 Å². The van der Waals surface area contributed by atoms with Gasteiger partial charge in [-0.3, -0.25) is 0 Å². The van der Waals surface area contributed by atoms with Gasteiger partial charge in [0.25, 0.3) is 0 Å². The van der Waals surface area contributed by atoms with Crippen LogP contribution in [-0.2, 0) is 0 Å². The first-order chi connectivity index (χ1) is 12.8. The smallest absolute Gasteiger partial charge is 0.128 e. The van der Waals surface area contributed by atoms with Crippen LogP contribution in [0.25, 0.3) is 11.1 Å². The Morgan fingerprint density at radius 1 is 0.808 bits per heavy atom. The van der Waals surface area contributed by atoms with Crippen molar-refractivity contribution in [2.24, 2.45) is 5.92 Å². The fourth-order valence-corrected chi connectivity index (χ4v) is 4.51. The molecular formula is C24H20FN. The molecule has 0 spiro atoms. The van der Waals surface area contributed by atoms with E-state index in [0.29, 0.717) is 11.8 Å². The lowest BCUT2D eigenvalue weighted by atomic mass is 9.76. The van der Waals surface area contributed by atoms with Crippen molar-refractivity contribution in [2.45, 2.75) is 18.4 Å². The highest BCUT2D eigenvalue weighted by Crippen LogP contribution is 2.52. The molecule has 0 fully saturated rings. The first kappa shape index (κ1) is 15.4. The monoisotopic (exact) mass is 341 g/mol. The maximum atomic E-state index is 14.6. The Balaban J connectivity index is 1.68. The predicted octanol–water partition coefficient (Wildman–Crippen LogP) is 6.32. The van der Waals surface area contributed by atoms with Crippen molar-refractivity contribution >= 4 is 5.69 Å². The van der Waals surface area contributed by atoms with E-state index >= 15 is 0 Å². The Labute approximate surface area is 153 Å². The molecular weight excluding hydrogens is 321 g/mol. The van der Waals surface area contributed by atoms with Crippen LogP contribution in [0.2, 0.25) is 0 Å². The molecule has 1 heterocycles. The van der Waals surface area contributed by atoms with Gasteiger partial charge in [-0.05, 0) is 29.5 Å². The van der Waals surface area contributed by atoms with Crippen LogP contribution < -0.4 is 5.32 Å². The lowest BCUT2D eigenvalue weighted by Crippen LogP contribution is -2.30. The molecule has 3 aromatic rings. The van der Waals surface area contributed by atoms with Gasteiger partial charge in [0, 0.05) is 22.7 Å². The average molecular weight is 341 g/mol. The third kappa shape index (κ3) is 2.37. The Morgan fingerprint density at radius 2 is 1.58 bits per heavy atom. The molecule has 2 heteroatoms. The molecule has 0 bridgehead atoms. The van der Waals surface area contributed by atoms with Crippen molar-refractivity contribution in [3.63, 3.8) is 0 Å². The normalized spacial score (nSPS) is 23.2. The number of para-hydroxylation sites is 1. The van der Waals surface area contributed by atoms with Crippen molar-refractivity contribution in [1.82, 2.24) is 0 Å². The van der Waals surface area contributed by atoms with Gasteiger partial charge in [0.15, 0.2) is 0 Å². The van der Waals surface area contributed by atoms with Crippen molar-refractivity contribution in [2.75, 3.05) is 5.32 Å². The van der Waals surface area contributed by atoms with Crippen molar-refractivity contribution in [3.8, 4) is 11.1 Å². The van der Waals surface area contributed by atoms with Gasteiger partial charge < -0.3 is 5.32 Å². The highest BCUT2D eigenvalue weighted by atomic mass is 19.1. The van der Waals surface area contributed by atoms with E-state index in [4.69, 9.17) is 0 Å². The fraction of sp³-hybridized carbons (Fsp3) is 0.167. The van der Waals surface area contributed by atoms with Crippen LogP contribution in [0.5, 0.6) is 0 Å². The highest BCUT2D eigenvalue weighted by Gasteiger charge is 2.39. The van der Waals surface area contributed by atoms with Crippen LogP contribution in [0.3, 0.4) is 0 Å². The van der Waals surface area contributed by atoms with Crippen molar-refractivity contribution in [3.05, 3.63) is 102 Å². The molecule has 1 N–H and O–H groups in total. The SMILES string of the molecule is Fc1ccccc1[C@@H]1Nc2c(-c3ccccc3)cccc2[C@H]2C=CC[C@@H]21. The van der Waals surface area contributed by atoms with E-state index in [1.165, 1.54) is 16.7 Å². The van der Waals surface area contributed by atoms with E-state index in [1.54, 1.807) is 12.1 Å². The summed E-state index contributed by atoms with van der Waals surface area (Å²) in [6.07, 6.45) is 5.52.